The van der Waals surface area contributed by atoms with E-state index in [4.69, 9.17) is 11.6 Å². The summed E-state index contributed by atoms with van der Waals surface area (Å²) in [4.78, 5) is 12.3. The van der Waals surface area contributed by atoms with Crippen molar-refractivity contribution in [3.8, 4) is 0 Å². The van der Waals surface area contributed by atoms with E-state index in [1.165, 1.54) is 12.1 Å². The Balaban J connectivity index is 2.51. The zero-order chi connectivity index (χ0) is 13.3. The molecule has 0 aliphatic heterocycles. The average molecular weight is 263 g/mol. The third-order valence-electron chi connectivity index (χ3n) is 2.82. The van der Waals surface area contributed by atoms with E-state index >= 15 is 0 Å². The van der Waals surface area contributed by atoms with Gasteiger partial charge in [-0.05, 0) is 49.2 Å². The molecule has 0 saturated carbocycles. The highest BCUT2D eigenvalue weighted by Gasteiger charge is 2.14. The Morgan fingerprint density at radius 1 is 1.17 bits per heavy atom. The molecule has 2 aromatic rings. The largest absolute Gasteiger partial charge is 0.289 e. The van der Waals surface area contributed by atoms with Crippen LogP contribution >= 0.6 is 11.6 Å². The van der Waals surface area contributed by atoms with Crippen molar-refractivity contribution in [1.82, 2.24) is 0 Å². The molecule has 0 radical (unpaired) electrons. The van der Waals surface area contributed by atoms with Crippen LogP contribution in [-0.4, -0.2) is 5.78 Å². The second-order valence-electron chi connectivity index (χ2n) is 4.26. The van der Waals surface area contributed by atoms with Gasteiger partial charge in [0.1, 0.15) is 5.82 Å². The highest BCUT2D eigenvalue weighted by molar-refractivity contribution is 6.32. The van der Waals surface area contributed by atoms with Gasteiger partial charge in [-0.3, -0.25) is 4.79 Å². The summed E-state index contributed by atoms with van der Waals surface area (Å²) in [6.07, 6.45) is 0. The topological polar surface area (TPSA) is 17.1 Å². The monoisotopic (exact) mass is 262 g/mol. The molecule has 0 aliphatic rings. The molecule has 0 bridgehead atoms. The van der Waals surface area contributed by atoms with Crippen LogP contribution in [0.15, 0.2) is 36.4 Å². The van der Waals surface area contributed by atoms with Crippen LogP contribution < -0.4 is 0 Å². The summed E-state index contributed by atoms with van der Waals surface area (Å²) >= 11 is 5.98. The van der Waals surface area contributed by atoms with E-state index < -0.39 is 5.82 Å². The minimum atomic E-state index is -0.405. The van der Waals surface area contributed by atoms with Gasteiger partial charge in [-0.25, -0.2) is 4.39 Å². The Morgan fingerprint density at radius 3 is 2.56 bits per heavy atom. The van der Waals surface area contributed by atoms with Crippen LogP contribution in [0.25, 0.3) is 0 Å². The zero-order valence-electron chi connectivity index (χ0n) is 10.1. The third kappa shape index (κ3) is 2.44. The third-order valence-corrected chi connectivity index (χ3v) is 3.23. The Morgan fingerprint density at radius 2 is 1.89 bits per heavy atom. The maximum atomic E-state index is 13.3. The van der Waals surface area contributed by atoms with Crippen molar-refractivity contribution in [1.29, 1.82) is 0 Å². The number of carbonyl (C=O) groups excluding carboxylic acids is 1. The van der Waals surface area contributed by atoms with Crippen molar-refractivity contribution in [2.24, 2.45) is 0 Å². The summed E-state index contributed by atoms with van der Waals surface area (Å²) in [5.41, 5.74) is 2.29. The van der Waals surface area contributed by atoms with Gasteiger partial charge in [0.15, 0.2) is 5.78 Å². The molecule has 0 unspecified atom stereocenters. The lowest BCUT2D eigenvalue weighted by Crippen LogP contribution is -2.05. The van der Waals surface area contributed by atoms with Crippen LogP contribution in [-0.2, 0) is 0 Å². The molecule has 0 aromatic heterocycles. The molecule has 1 nitrogen and oxygen atoms in total. The number of carbonyl (C=O) groups is 1. The lowest BCUT2D eigenvalue weighted by atomic mass is 9.98. The maximum Gasteiger partial charge on any atom is 0.193 e. The number of halogens is 2. The number of rotatable bonds is 2. The molecule has 0 atom stereocenters. The van der Waals surface area contributed by atoms with Crippen molar-refractivity contribution >= 4 is 17.4 Å². The number of ketones is 1. The number of hydrogen-bond donors (Lipinski definition) is 0. The van der Waals surface area contributed by atoms with E-state index in [9.17, 15) is 9.18 Å². The highest BCUT2D eigenvalue weighted by Crippen LogP contribution is 2.22. The fourth-order valence-electron chi connectivity index (χ4n) is 1.88. The molecule has 3 heteroatoms. The van der Waals surface area contributed by atoms with Gasteiger partial charge in [0.2, 0.25) is 0 Å². The van der Waals surface area contributed by atoms with Crippen LogP contribution in [0, 0.1) is 19.7 Å². The Hall–Kier alpha value is -1.67. The van der Waals surface area contributed by atoms with E-state index in [1.54, 1.807) is 38.1 Å². The minimum Gasteiger partial charge on any atom is -0.289 e. The van der Waals surface area contributed by atoms with Gasteiger partial charge in [0, 0.05) is 16.1 Å². The van der Waals surface area contributed by atoms with E-state index in [0.717, 1.165) is 5.56 Å². The van der Waals surface area contributed by atoms with Crippen LogP contribution in [0.1, 0.15) is 27.0 Å². The molecule has 0 N–H and O–H groups in total. The summed E-state index contributed by atoms with van der Waals surface area (Å²) < 4.78 is 13.3. The average Bonchev–Trinajstić information content (AvgIpc) is 2.30. The van der Waals surface area contributed by atoms with Gasteiger partial charge in [-0.15, -0.1) is 0 Å². The Bertz CT molecular complexity index is 600. The quantitative estimate of drug-likeness (QED) is 0.737. The maximum absolute atomic E-state index is 13.3. The number of hydrogen-bond acceptors (Lipinski definition) is 1. The molecule has 2 rings (SSSR count). The fourth-order valence-corrected chi connectivity index (χ4v) is 2.05. The summed E-state index contributed by atoms with van der Waals surface area (Å²) in [5.74, 6) is -0.615. The van der Waals surface area contributed by atoms with Crippen LogP contribution in [0.5, 0.6) is 0 Å². The SMILES string of the molecule is Cc1cc(F)cc(C(=O)c2cccc(Cl)c2C)c1. The first-order valence-electron chi connectivity index (χ1n) is 5.56. The summed E-state index contributed by atoms with van der Waals surface area (Å²) in [7, 11) is 0. The standard InChI is InChI=1S/C15H12ClFO/c1-9-6-11(8-12(17)7-9)15(18)13-4-3-5-14(16)10(13)2/h3-8H,1-2H3. The molecule has 0 aliphatic carbocycles. The lowest BCUT2D eigenvalue weighted by molar-refractivity contribution is 0.103. The van der Waals surface area contributed by atoms with Gasteiger partial charge in [0.25, 0.3) is 0 Å². The Labute approximate surface area is 110 Å². The van der Waals surface area contributed by atoms with Gasteiger partial charge in [-0.1, -0.05) is 23.7 Å². The molecule has 0 spiro atoms. The smallest absolute Gasteiger partial charge is 0.193 e. The molecule has 0 fully saturated rings. The summed E-state index contributed by atoms with van der Waals surface area (Å²) in [5, 5.41) is 0.536. The van der Waals surface area contributed by atoms with Crippen LogP contribution in [0.2, 0.25) is 5.02 Å². The first kappa shape index (κ1) is 12.8. The van der Waals surface area contributed by atoms with Gasteiger partial charge < -0.3 is 0 Å². The molecular formula is C15H12ClFO. The predicted molar refractivity (Wildman–Crippen MR) is 70.8 cm³/mol. The van der Waals surface area contributed by atoms with Crippen LogP contribution in [0.4, 0.5) is 4.39 Å². The van der Waals surface area contributed by atoms with Crippen molar-refractivity contribution in [2.45, 2.75) is 13.8 Å². The van der Waals surface area contributed by atoms with Crippen molar-refractivity contribution in [3.63, 3.8) is 0 Å². The second kappa shape index (κ2) is 4.91. The normalized spacial score (nSPS) is 10.4. The lowest BCUT2D eigenvalue weighted by Gasteiger charge is -2.07. The van der Waals surface area contributed by atoms with E-state index in [-0.39, 0.29) is 5.78 Å². The van der Waals surface area contributed by atoms with Crippen molar-refractivity contribution in [3.05, 3.63) is 69.5 Å². The molecule has 2 aromatic carbocycles. The van der Waals surface area contributed by atoms with Gasteiger partial charge in [0.05, 0.1) is 0 Å². The summed E-state index contributed by atoms with van der Waals surface area (Å²) in [6, 6.07) is 9.45. The van der Waals surface area contributed by atoms with E-state index in [2.05, 4.69) is 0 Å². The second-order valence-corrected chi connectivity index (χ2v) is 4.67. The minimum absolute atomic E-state index is 0.211. The predicted octanol–water partition coefficient (Wildman–Crippen LogP) is 4.33. The highest BCUT2D eigenvalue weighted by atomic mass is 35.5. The number of benzene rings is 2. The Kier molecular flexibility index (Phi) is 3.48. The molecule has 18 heavy (non-hydrogen) atoms. The van der Waals surface area contributed by atoms with Crippen molar-refractivity contribution < 1.29 is 9.18 Å². The first-order chi connectivity index (χ1) is 8.49. The zero-order valence-corrected chi connectivity index (χ0v) is 10.9. The van der Waals surface area contributed by atoms with Gasteiger partial charge in [-0.2, -0.15) is 0 Å². The summed E-state index contributed by atoms with van der Waals surface area (Å²) in [6.45, 7) is 3.53. The molecule has 92 valence electrons. The molecule has 0 heterocycles. The molecule has 0 saturated heterocycles. The molecule has 0 amide bonds. The van der Waals surface area contributed by atoms with E-state index in [1.807, 2.05) is 0 Å². The van der Waals surface area contributed by atoms with Gasteiger partial charge >= 0.3 is 0 Å². The first-order valence-corrected chi connectivity index (χ1v) is 5.94. The number of aryl methyl sites for hydroxylation is 1. The van der Waals surface area contributed by atoms with Crippen molar-refractivity contribution in [2.75, 3.05) is 0 Å². The molecular weight excluding hydrogens is 251 g/mol. The fraction of sp³-hybridized carbons (Fsp3) is 0.133. The van der Waals surface area contributed by atoms with Crippen LogP contribution in [0.3, 0.4) is 0 Å². The van der Waals surface area contributed by atoms with E-state index in [0.29, 0.717) is 21.7 Å².